The normalized spacial score (nSPS) is 17.6. The van der Waals surface area contributed by atoms with Crippen molar-refractivity contribution in [2.75, 3.05) is 26.8 Å². The first-order valence-corrected chi connectivity index (χ1v) is 9.29. The first-order valence-electron chi connectivity index (χ1n) is 9.29. The molecule has 1 fully saturated rings. The zero-order valence-electron chi connectivity index (χ0n) is 15.4. The molecule has 1 atom stereocenters. The van der Waals surface area contributed by atoms with Crippen LogP contribution in [0.4, 0.5) is 0 Å². The third-order valence-corrected chi connectivity index (χ3v) is 4.95. The van der Waals surface area contributed by atoms with Crippen LogP contribution in [0.1, 0.15) is 36.3 Å². The lowest BCUT2D eigenvalue weighted by atomic mass is 9.94. The van der Waals surface area contributed by atoms with Crippen LogP contribution >= 0.6 is 0 Å². The summed E-state index contributed by atoms with van der Waals surface area (Å²) < 4.78 is 10.9. The number of carbonyl (C=O) groups excluding carboxylic acids is 1. The maximum absolute atomic E-state index is 12.6. The molecule has 2 aromatic rings. The van der Waals surface area contributed by atoms with Gasteiger partial charge in [0.15, 0.2) is 0 Å². The average Bonchev–Trinajstić information content (AvgIpc) is 2.95. The highest BCUT2D eigenvalue weighted by Gasteiger charge is 2.23. The Hall–Kier alpha value is -2.33. The number of rotatable bonds is 6. The molecule has 1 unspecified atom stereocenters. The van der Waals surface area contributed by atoms with Gasteiger partial charge in [0.05, 0.1) is 13.7 Å². The number of nitrogens with zero attached hydrogens (tertiary/aromatic N) is 1. The van der Waals surface area contributed by atoms with E-state index in [1.165, 1.54) is 5.56 Å². The highest BCUT2D eigenvalue weighted by molar-refractivity contribution is 5.77. The lowest BCUT2D eigenvalue weighted by Gasteiger charge is -2.25. The van der Waals surface area contributed by atoms with Crippen molar-refractivity contribution < 1.29 is 14.3 Å². The summed E-state index contributed by atoms with van der Waals surface area (Å²) >= 11 is 0. The molecule has 1 saturated heterocycles. The second kappa shape index (κ2) is 9.39. The van der Waals surface area contributed by atoms with Crippen LogP contribution in [0.25, 0.3) is 0 Å². The number of hydrogen-bond acceptors (Lipinski definition) is 3. The minimum absolute atomic E-state index is 0.0846. The Morgan fingerprint density at radius 3 is 2.58 bits per heavy atom. The molecule has 4 nitrogen and oxygen atoms in total. The number of hydrogen-bond donors (Lipinski definition) is 0. The Kier molecular flexibility index (Phi) is 6.67. The molecule has 0 radical (unpaired) electrons. The smallest absolute Gasteiger partial charge is 0.248 e. The van der Waals surface area contributed by atoms with Crippen molar-refractivity contribution >= 4 is 5.91 Å². The molecule has 1 aliphatic heterocycles. The minimum Gasteiger partial charge on any atom is -0.497 e. The Labute approximate surface area is 155 Å². The zero-order valence-corrected chi connectivity index (χ0v) is 15.4. The predicted molar refractivity (Wildman–Crippen MR) is 102 cm³/mol. The average molecular weight is 353 g/mol. The van der Waals surface area contributed by atoms with Crippen LogP contribution in [-0.4, -0.2) is 37.6 Å². The molecule has 26 heavy (non-hydrogen) atoms. The van der Waals surface area contributed by atoms with Crippen LogP contribution < -0.4 is 4.74 Å². The molecule has 1 amide bonds. The molecule has 0 spiro atoms. The molecule has 1 aliphatic rings. The summed E-state index contributed by atoms with van der Waals surface area (Å²) in [6.07, 6.45) is 3.31. The first kappa shape index (κ1) is 18.5. The lowest BCUT2D eigenvalue weighted by Crippen LogP contribution is -2.36. The second-order valence-corrected chi connectivity index (χ2v) is 6.78. The van der Waals surface area contributed by atoms with Crippen molar-refractivity contribution in [2.24, 2.45) is 0 Å². The fraction of sp³-hybridized carbons (Fsp3) is 0.409. The largest absolute Gasteiger partial charge is 0.497 e. The molecule has 2 aromatic carbocycles. The van der Waals surface area contributed by atoms with Gasteiger partial charge in [0.25, 0.3) is 0 Å². The topological polar surface area (TPSA) is 38.8 Å². The van der Waals surface area contributed by atoms with E-state index < -0.39 is 0 Å². The van der Waals surface area contributed by atoms with Crippen molar-refractivity contribution in [3.63, 3.8) is 0 Å². The number of amides is 1. The standard InChI is InChI=1S/C22H27NO3/c1-25-21-12-10-19(11-13-21)20-9-5-6-14-23(15-20)22(24)17-26-16-18-7-3-2-4-8-18/h2-4,7-8,10-13,20H,5-6,9,14-17H2,1H3. The molecule has 0 aliphatic carbocycles. The van der Waals surface area contributed by atoms with Gasteiger partial charge in [-0.1, -0.05) is 48.9 Å². The van der Waals surface area contributed by atoms with Crippen molar-refractivity contribution in [3.8, 4) is 5.75 Å². The van der Waals surface area contributed by atoms with E-state index in [2.05, 4.69) is 12.1 Å². The summed E-state index contributed by atoms with van der Waals surface area (Å²) in [6, 6.07) is 18.2. The highest BCUT2D eigenvalue weighted by atomic mass is 16.5. The van der Waals surface area contributed by atoms with Gasteiger partial charge in [0, 0.05) is 19.0 Å². The van der Waals surface area contributed by atoms with Crippen LogP contribution in [0.3, 0.4) is 0 Å². The van der Waals surface area contributed by atoms with Crippen LogP contribution in [0.2, 0.25) is 0 Å². The molecule has 4 heteroatoms. The van der Waals surface area contributed by atoms with E-state index in [-0.39, 0.29) is 12.5 Å². The quantitative estimate of drug-likeness (QED) is 0.788. The minimum atomic E-state index is 0.0846. The lowest BCUT2D eigenvalue weighted by molar-refractivity contribution is -0.136. The van der Waals surface area contributed by atoms with E-state index in [4.69, 9.17) is 9.47 Å². The maximum atomic E-state index is 12.6. The molecule has 0 saturated carbocycles. The Bertz CT molecular complexity index is 684. The van der Waals surface area contributed by atoms with Crippen LogP contribution in [0, 0.1) is 0 Å². The fourth-order valence-electron chi connectivity index (χ4n) is 3.44. The summed E-state index contributed by atoms with van der Waals surface area (Å²) in [5.41, 5.74) is 2.36. The Balaban J connectivity index is 1.55. The van der Waals surface area contributed by atoms with Crippen molar-refractivity contribution in [3.05, 3.63) is 65.7 Å². The Morgan fingerprint density at radius 2 is 1.85 bits per heavy atom. The van der Waals surface area contributed by atoms with Gasteiger partial charge in [-0.3, -0.25) is 4.79 Å². The number of methoxy groups -OCH3 is 1. The van der Waals surface area contributed by atoms with Gasteiger partial charge in [-0.2, -0.15) is 0 Å². The summed E-state index contributed by atoms with van der Waals surface area (Å²) in [4.78, 5) is 14.6. The SMILES string of the molecule is COc1ccc(C2CCCCN(C(=O)COCc3ccccc3)C2)cc1. The predicted octanol–water partition coefficient (Wildman–Crippen LogP) is 4.01. The van der Waals surface area contributed by atoms with E-state index >= 15 is 0 Å². The van der Waals surface area contributed by atoms with E-state index in [1.807, 2.05) is 47.4 Å². The summed E-state index contributed by atoms with van der Waals surface area (Å²) in [6.45, 7) is 2.20. The van der Waals surface area contributed by atoms with Crippen LogP contribution in [-0.2, 0) is 16.1 Å². The highest BCUT2D eigenvalue weighted by Crippen LogP contribution is 2.28. The van der Waals surface area contributed by atoms with E-state index in [9.17, 15) is 4.79 Å². The molecule has 138 valence electrons. The summed E-state index contributed by atoms with van der Waals surface area (Å²) in [5.74, 6) is 1.33. The van der Waals surface area contributed by atoms with Gasteiger partial charge in [-0.25, -0.2) is 0 Å². The molecular formula is C22H27NO3. The van der Waals surface area contributed by atoms with Crippen molar-refractivity contribution in [2.45, 2.75) is 31.8 Å². The van der Waals surface area contributed by atoms with E-state index in [0.717, 1.165) is 43.7 Å². The van der Waals surface area contributed by atoms with Gasteiger partial charge >= 0.3 is 0 Å². The van der Waals surface area contributed by atoms with E-state index in [1.54, 1.807) is 7.11 Å². The summed E-state index contributed by atoms with van der Waals surface area (Å²) in [5, 5.41) is 0. The van der Waals surface area contributed by atoms with Gasteiger partial charge in [0.1, 0.15) is 12.4 Å². The third kappa shape index (κ3) is 5.09. The van der Waals surface area contributed by atoms with E-state index in [0.29, 0.717) is 12.5 Å². The monoisotopic (exact) mass is 353 g/mol. The van der Waals surface area contributed by atoms with Gasteiger partial charge in [-0.05, 0) is 36.1 Å². The number of likely N-dealkylation sites (tertiary alicyclic amines) is 1. The number of ether oxygens (including phenoxy) is 2. The van der Waals surface area contributed by atoms with Crippen molar-refractivity contribution in [1.82, 2.24) is 4.90 Å². The van der Waals surface area contributed by atoms with Crippen LogP contribution in [0.5, 0.6) is 5.75 Å². The molecule has 0 aromatic heterocycles. The molecular weight excluding hydrogens is 326 g/mol. The fourth-order valence-corrected chi connectivity index (χ4v) is 3.44. The second-order valence-electron chi connectivity index (χ2n) is 6.78. The molecule has 1 heterocycles. The first-order chi connectivity index (χ1) is 12.8. The third-order valence-electron chi connectivity index (χ3n) is 4.95. The zero-order chi connectivity index (χ0) is 18.2. The van der Waals surface area contributed by atoms with Gasteiger partial charge in [-0.15, -0.1) is 0 Å². The van der Waals surface area contributed by atoms with Gasteiger partial charge in [0.2, 0.25) is 5.91 Å². The Morgan fingerprint density at radius 1 is 1.08 bits per heavy atom. The molecule has 3 rings (SSSR count). The number of carbonyl (C=O) groups is 1. The number of benzene rings is 2. The maximum Gasteiger partial charge on any atom is 0.248 e. The summed E-state index contributed by atoms with van der Waals surface area (Å²) in [7, 11) is 1.68. The molecule has 0 N–H and O–H groups in total. The van der Waals surface area contributed by atoms with Gasteiger partial charge < -0.3 is 14.4 Å². The van der Waals surface area contributed by atoms with Crippen LogP contribution in [0.15, 0.2) is 54.6 Å². The molecule has 0 bridgehead atoms. The van der Waals surface area contributed by atoms with Crippen molar-refractivity contribution in [1.29, 1.82) is 0 Å².